The molecule has 1 N–H and O–H groups in total. The van der Waals surface area contributed by atoms with Gasteiger partial charge in [-0.15, -0.1) is 0 Å². The van der Waals surface area contributed by atoms with Crippen LogP contribution in [-0.4, -0.2) is 23.1 Å². The van der Waals surface area contributed by atoms with Crippen molar-refractivity contribution in [2.75, 3.05) is 11.9 Å². The molecule has 1 atom stereocenters. The molecule has 106 valence electrons. The maximum atomic E-state index is 11.1. The van der Waals surface area contributed by atoms with Crippen LogP contribution in [0.15, 0.2) is 24.3 Å². The Kier molecular flexibility index (Phi) is 4.30. The summed E-state index contributed by atoms with van der Waals surface area (Å²) in [5.41, 5.74) is 1.65. The molecular weight excluding hydrogens is 296 g/mol. The summed E-state index contributed by atoms with van der Waals surface area (Å²) in [5, 5.41) is 10.5. The van der Waals surface area contributed by atoms with Crippen LogP contribution >= 0.6 is 22.9 Å². The second-order valence-corrected chi connectivity index (χ2v) is 5.97. The zero-order valence-corrected chi connectivity index (χ0v) is 13.0. The molecule has 1 aromatic heterocycles. The Hall–Kier alpha value is -1.59. The van der Waals surface area contributed by atoms with Gasteiger partial charge in [0.05, 0.1) is 11.7 Å². The largest absolute Gasteiger partial charge is 0.477 e. The molecule has 0 saturated heterocycles. The maximum absolute atomic E-state index is 11.1. The summed E-state index contributed by atoms with van der Waals surface area (Å²) >= 11 is 7.07. The highest BCUT2D eigenvalue weighted by Crippen LogP contribution is 2.31. The second-order valence-electron chi connectivity index (χ2n) is 4.55. The number of aromatic nitrogens is 1. The first kappa shape index (κ1) is 14.8. The molecule has 1 heterocycles. The van der Waals surface area contributed by atoms with Crippen molar-refractivity contribution in [3.8, 4) is 0 Å². The van der Waals surface area contributed by atoms with Crippen molar-refractivity contribution in [2.45, 2.75) is 19.9 Å². The number of halogens is 1. The molecule has 2 aromatic rings. The Morgan fingerprint density at radius 1 is 1.40 bits per heavy atom. The average molecular weight is 311 g/mol. The lowest BCUT2D eigenvalue weighted by molar-refractivity contribution is 0.0701. The average Bonchev–Trinajstić information content (AvgIpc) is 2.80. The molecule has 2 rings (SSSR count). The molecule has 0 radical (unpaired) electrons. The Balaban J connectivity index is 2.26. The predicted molar refractivity (Wildman–Crippen MR) is 82.1 cm³/mol. The van der Waals surface area contributed by atoms with Crippen LogP contribution in [0.5, 0.6) is 0 Å². The van der Waals surface area contributed by atoms with Crippen molar-refractivity contribution in [2.24, 2.45) is 0 Å². The summed E-state index contributed by atoms with van der Waals surface area (Å²) in [7, 11) is 1.91. The van der Waals surface area contributed by atoms with Gasteiger partial charge in [-0.25, -0.2) is 9.78 Å². The molecule has 1 unspecified atom stereocenters. The highest BCUT2D eigenvalue weighted by Gasteiger charge is 2.20. The van der Waals surface area contributed by atoms with E-state index in [9.17, 15) is 4.79 Å². The van der Waals surface area contributed by atoms with E-state index in [1.165, 1.54) is 11.3 Å². The molecule has 4 nitrogen and oxygen atoms in total. The Bertz CT molecular complexity index is 625. The van der Waals surface area contributed by atoms with E-state index >= 15 is 0 Å². The Labute approximate surface area is 126 Å². The van der Waals surface area contributed by atoms with Crippen molar-refractivity contribution in [1.82, 2.24) is 4.98 Å². The molecule has 1 aromatic carbocycles. The van der Waals surface area contributed by atoms with Crippen molar-refractivity contribution < 1.29 is 9.90 Å². The lowest BCUT2D eigenvalue weighted by Gasteiger charge is -2.24. The lowest BCUT2D eigenvalue weighted by Crippen LogP contribution is -2.21. The fraction of sp³-hybridized carbons (Fsp3) is 0.286. The van der Waals surface area contributed by atoms with Crippen molar-refractivity contribution >= 4 is 34.0 Å². The monoisotopic (exact) mass is 310 g/mol. The first-order valence-electron chi connectivity index (χ1n) is 6.09. The van der Waals surface area contributed by atoms with Gasteiger partial charge < -0.3 is 10.0 Å². The van der Waals surface area contributed by atoms with E-state index in [0.29, 0.717) is 15.8 Å². The SMILES string of the molecule is Cc1nc(N(C)C(C)c2ccc(Cl)cc2)sc1C(=O)O. The van der Waals surface area contributed by atoms with Crippen molar-refractivity contribution in [3.63, 3.8) is 0 Å². The minimum atomic E-state index is -0.932. The minimum absolute atomic E-state index is 0.0828. The third kappa shape index (κ3) is 2.94. The van der Waals surface area contributed by atoms with Crippen LogP contribution in [0.4, 0.5) is 5.13 Å². The molecule has 0 aliphatic carbocycles. The zero-order valence-electron chi connectivity index (χ0n) is 11.4. The summed E-state index contributed by atoms with van der Waals surface area (Å²) in [4.78, 5) is 17.7. The molecule has 0 bridgehead atoms. The first-order valence-corrected chi connectivity index (χ1v) is 7.28. The Morgan fingerprint density at radius 2 is 2.00 bits per heavy atom. The van der Waals surface area contributed by atoms with Gasteiger partial charge in [-0.1, -0.05) is 35.1 Å². The maximum Gasteiger partial charge on any atom is 0.347 e. The topological polar surface area (TPSA) is 53.4 Å². The smallest absolute Gasteiger partial charge is 0.347 e. The number of benzene rings is 1. The standard InChI is InChI=1S/C14H15ClN2O2S/c1-8-12(13(18)19)20-14(16-8)17(3)9(2)10-4-6-11(15)7-5-10/h4-7,9H,1-3H3,(H,18,19). The van der Waals surface area contributed by atoms with Crippen molar-refractivity contribution in [1.29, 1.82) is 0 Å². The third-order valence-corrected chi connectivity index (χ3v) is 4.70. The molecule has 0 amide bonds. The highest BCUT2D eigenvalue weighted by atomic mass is 35.5. The number of thiazole rings is 1. The predicted octanol–water partition coefficient (Wildman–Crippen LogP) is 4.00. The summed E-state index contributed by atoms with van der Waals surface area (Å²) in [5.74, 6) is -0.932. The van der Waals surface area contributed by atoms with E-state index in [-0.39, 0.29) is 10.9 Å². The van der Waals surface area contributed by atoms with Gasteiger partial charge in [-0.2, -0.15) is 0 Å². The normalized spacial score (nSPS) is 12.2. The van der Waals surface area contributed by atoms with Gasteiger partial charge in [0, 0.05) is 12.1 Å². The second kappa shape index (κ2) is 5.81. The number of rotatable bonds is 4. The lowest BCUT2D eigenvalue weighted by atomic mass is 10.1. The van der Waals surface area contributed by atoms with E-state index in [1.54, 1.807) is 6.92 Å². The van der Waals surface area contributed by atoms with E-state index in [2.05, 4.69) is 4.98 Å². The van der Waals surface area contributed by atoms with Crippen LogP contribution < -0.4 is 4.90 Å². The fourth-order valence-corrected chi connectivity index (χ4v) is 2.94. The van der Waals surface area contributed by atoms with Crippen LogP contribution in [0.25, 0.3) is 0 Å². The van der Waals surface area contributed by atoms with E-state index in [4.69, 9.17) is 16.7 Å². The van der Waals surface area contributed by atoms with Crippen LogP contribution in [0.3, 0.4) is 0 Å². The van der Waals surface area contributed by atoms with E-state index in [1.807, 2.05) is 43.1 Å². The van der Waals surface area contributed by atoms with Gasteiger partial charge in [0.15, 0.2) is 5.13 Å². The van der Waals surface area contributed by atoms with Gasteiger partial charge in [0.1, 0.15) is 4.88 Å². The number of hydrogen-bond acceptors (Lipinski definition) is 4. The molecule has 0 aliphatic rings. The number of carboxylic acid groups (broad SMARTS) is 1. The molecular formula is C14H15ClN2O2S. The van der Waals surface area contributed by atoms with E-state index < -0.39 is 5.97 Å². The Morgan fingerprint density at radius 3 is 2.50 bits per heavy atom. The number of hydrogen-bond donors (Lipinski definition) is 1. The number of anilines is 1. The number of aromatic carboxylic acids is 1. The van der Waals surface area contributed by atoms with E-state index in [0.717, 1.165) is 5.56 Å². The fourth-order valence-electron chi connectivity index (χ4n) is 1.86. The minimum Gasteiger partial charge on any atom is -0.477 e. The number of aryl methyl sites for hydroxylation is 1. The highest BCUT2D eigenvalue weighted by molar-refractivity contribution is 7.17. The van der Waals surface area contributed by atoms with Crippen LogP contribution in [-0.2, 0) is 0 Å². The number of nitrogens with zero attached hydrogens (tertiary/aromatic N) is 2. The van der Waals surface area contributed by atoms with Crippen LogP contribution in [0.2, 0.25) is 5.02 Å². The molecule has 0 fully saturated rings. The van der Waals surface area contributed by atoms with Crippen molar-refractivity contribution in [3.05, 3.63) is 45.4 Å². The van der Waals surface area contributed by atoms with Gasteiger partial charge in [-0.3, -0.25) is 0 Å². The summed E-state index contributed by atoms with van der Waals surface area (Å²) in [6.07, 6.45) is 0. The molecule has 20 heavy (non-hydrogen) atoms. The van der Waals surface area contributed by atoms with Gasteiger partial charge in [0.2, 0.25) is 0 Å². The summed E-state index contributed by atoms with van der Waals surface area (Å²) < 4.78 is 0. The number of carboxylic acids is 1. The summed E-state index contributed by atoms with van der Waals surface area (Å²) in [6.45, 7) is 3.75. The molecule has 0 aliphatic heterocycles. The third-order valence-electron chi connectivity index (χ3n) is 3.21. The molecule has 0 spiro atoms. The zero-order chi connectivity index (χ0) is 14.9. The van der Waals surface area contributed by atoms with Gasteiger partial charge in [-0.05, 0) is 31.5 Å². The van der Waals surface area contributed by atoms with Crippen LogP contribution in [0.1, 0.15) is 33.9 Å². The van der Waals surface area contributed by atoms with Crippen LogP contribution in [0, 0.1) is 6.92 Å². The first-order chi connectivity index (χ1) is 9.40. The van der Waals surface area contributed by atoms with Gasteiger partial charge >= 0.3 is 5.97 Å². The quantitative estimate of drug-likeness (QED) is 0.927. The molecule has 0 saturated carbocycles. The molecule has 6 heteroatoms. The number of carbonyl (C=O) groups is 1. The van der Waals surface area contributed by atoms with Gasteiger partial charge in [0.25, 0.3) is 0 Å². The summed E-state index contributed by atoms with van der Waals surface area (Å²) in [6, 6.07) is 7.69.